The van der Waals surface area contributed by atoms with Crippen LogP contribution < -0.4 is 0 Å². The molecule has 296 valence electrons. The van der Waals surface area contributed by atoms with Gasteiger partial charge in [-0.3, -0.25) is 9.80 Å². The Morgan fingerprint density at radius 2 is 1.02 bits per heavy atom. The van der Waals surface area contributed by atoms with E-state index in [4.69, 9.17) is 30.1 Å². The van der Waals surface area contributed by atoms with Crippen molar-refractivity contribution in [2.45, 2.75) is 92.2 Å². The molecule has 4 saturated heterocycles. The number of likely N-dealkylation sites (N-methyl/N-ethyl adjacent to an activating group) is 2. The normalized spacial score (nSPS) is 22.2. The van der Waals surface area contributed by atoms with E-state index in [9.17, 15) is 0 Å². The van der Waals surface area contributed by atoms with Gasteiger partial charge in [-0.2, -0.15) is 0 Å². The van der Waals surface area contributed by atoms with Gasteiger partial charge >= 0.3 is 0 Å². The van der Waals surface area contributed by atoms with Crippen molar-refractivity contribution in [1.29, 1.82) is 0 Å². The lowest BCUT2D eigenvalue weighted by Crippen LogP contribution is -2.43. The first-order valence-electron chi connectivity index (χ1n) is 18.5. The molecule has 8 nitrogen and oxygen atoms in total. The van der Waals surface area contributed by atoms with Gasteiger partial charge in [0.05, 0.1) is 26.4 Å². The van der Waals surface area contributed by atoms with E-state index in [0.717, 1.165) is 78.8 Å². The number of nitrogens with zero attached hydrogens (tertiary/aromatic N) is 4. The number of hydrogen-bond acceptors (Lipinski definition) is 10. The van der Waals surface area contributed by atoms with Crippen LogP contribution in [0.1, 0.15) is 81.1 Å². The molecule has 0 aliphatic carbocycles. The molecule has 0 bridgehead atoms. The van der Waals surface area contributed by atoms with E-state index in [2.05, 4.69) is 115 Å². The fraction of sp³-hybridized carbons (Fsp3) is 1.00. The molecule has 2 unspecified atom stereocenters. The van der Waals surface area contributed by atoms with Crippen LogP contribution in [0.4, 0.5) is 0 Å². The van der Waals surface area contributed by atoms with Crippen LogP contribution in [0.2, 0.25) is 11.1 Å². The van der Waals surface area contributed by atoms with Crippen LogP contribution in [-0.4, -0.2) is 151 Å². The van der Waals surface area contributed by atoms with Crippen LogP contribution in [0.25, 0.3) is 0 Å². The minimum atomic E-state index is -2.07. The summed E-state index contributed by atoms with van der Waals surface area (Å²) in [6.45, 7) is 36.5. The Morgan fingerprint density at radius 1 is 0.673 bits per heavy atom. The number of morpholine rings is 2. The van der Waals surface area contributed by atoms with Gasteiger partial charge in [0.2, 0.25) is 0 Å². The Bertz CT molecular complexity index is 689. The van der Waals surface area contributed by atoms with Gasteiger partial charge in [0.1, 0.15) is 0 Å². The molecule has 49 heavy (non-hydrogen) atoms. The smallest absolute Gasteiger partial charge is 0.295 e. The molecule has 4 fully saturated rings. The van der Waals surface area contributed by atoms with Crippen LogP contribution in [-0.2, 0) is 37.5 Å². The predicted molar refractivity (Wildman–Crippen MR) is 229 cm³/mol. The largest absolute Gasteiger partial charge is 0.402 e. The SMILES string of the molecule is CCN1CCCC(CO)C1.CCN1CCCC(CO[Si](Cl)(C(C)C)C(C)C)C1.CCN1CCOCC1.CCN1CCOCC1.Cl.P=S.P=S. The summed E-state index contributed by atoms with van der Waals surface area (Å²) in [5.41, 5.74) is 0.954. The maximum absolute atomic E-state index is 8.88. The molecule has 0 amide bonds. The molecular formula is C34H76Cl2N4O4P2S2Si. The van der Waals surface area contributed by atoms with Gasteiger partial charge in [0.15, 0.2) is 0 Å². The molecule has 0 aromatic carbocycles. The standard InChI is InChI=1S/C14H30ClNOSi.C8H17NO.2C6H13NO.ClH.2HPS/c1-6-16-9-7-8-14(10-16)11-17-18(15,12(2)3)13(4)5;1-2-9-5-3-4-8(6-9)7-10;2*1-2-7-3-5-8-6-4-7;;2*1-2/h12-14H,6-11H2,1-5H3;8,10H,2-7H2,1H3;2*2-6H2,1H3;1H;2*1H. The van der Waals surface area contributed by atoms with Crippen molar-refractivity contribution < 1.29 is 19.0 Å². The van der Waals surface area contributed by atoms with Gasteiger partial charge in [-0.15, -0.1) is 23.5 Å². The summed E-state index contributed by atoms with van der Waals surface area (Å²) in [6.07, 6.45) is 5.09. The first-order chi connectivity index (χ1) is 23.1. The third-order valence-corrected chi connectivity index (χ3v) is 16.3. The number of likely N-dealkylation sites (tertiary alicyclic amines) is 2. The summed E-state index contributed by atoms with van der Waals surface area (Å²) in [6, 6.07) is 0. The van der Waals surface area contributed by atoms with Crippen molar-refractivity contribution in [2.75, 3.05) is 118 Å². The lowest BCUT2D eigenvalue weighted by atomic mass is 9.99. The molecule has 4 rings (SSSR count). The summed E-state index contributed by atoms with van der Waals surface area (Å²) < 4.78 is 16.6. The van der Waals surface area contributed by atoms with Gasteiger partial charge in [0, 0.05) is 52.5 Å². The molecule has 2 atom stereocenters. The number of ether oxygens (including phenoxy) is 2. The zero-order chi connectivity index (χ0) is 36.8. The molecule has 4 heterocycles. The van der Waals surface area contributed by atoms with Gasteiger partial charge in [0.25, 0.3) is 7.63 Å². The van der Waals surface area contributed by atoms with Crippen molar-refractivity contribution in [2.24, 2.45) is 11.8 Å². The average Bonchev–Trinajstić information content (AvgIpc) is 3.16. The summed E-state index contributed by atoms with van der Waals surface area (Å²) in [5, 5.41) is 8.88. The Morgan fingerprint density at radius 3 is 1.33 bits per heavy atom. The van der Waals surface area contributed by atoms with E-state index in [1.807, 2.05) is 0 Å². The highest BCUT2D eigenvalue weighted by atomic mass is 35.6. The highest BCUT2D eigenvalue weighted by molar-refractivity contribution is 7.89. The Balaban J connectivity index is -0.000000584. The maximum atomic E-state index is 8.88. The molecule has 4 aliphatic rings. The van der Waals surface area contributed by atoms with Crippen LogP contribution in [0.15, 0.2) is 0 Å². The van der Waals surface area contributed by atoms with E-state index in [1.54, 1.807) is 0 Å². The number of aliphatic hydroxyl groups excluding tert-OH is 1. The zero-order valence-corrected chi connectivity index (χ0v) is 38.6. The lowest BCUT2D eigenvalue weighted by Gasteiger charge is -2.36. The number of piperidine rings is 2. The van der Waals surface area contributed by atoms with Gasteiger partial charge in [-0.05, 0) is 104 Å². The van der Waals surface area contributed by atoms with Crippen molar-refractivity contribution in [3.8, 4) is 0 Å². The van der Waals surface area contributed by atoms with Crippen LogP contribution in [0, 0.1) is 11.8 Å². The zero-order valence-electron chi connectivity index (χ0n) is 32.4. The predicted octanol–water partition coefficient (Wildman–Crippen LogP) is 7.23. The molecular weight excluding hydrogens is 753 g/mol. The monoisotopic (exact) mass is 828 g/mol. The fourth-order valence-electron chi connectivity index (χ4n) is 6.24. The number of rotatable bonds is 10. The number of hydrogen-bond donors (Lipinski definition) is 1. The van der Waals surface area contributed by atoms with Crippen molar-refractivity contribution >= 4 is 70.8 Å². The van der Waals surface area contributed by atoms with Crippen LogP contribution in [0.5, 0.6) is 0 Å². The van der Waals surface area contributed by atoms with Crippen LogP contribution >= 0.6 is 39.5 Å². The van der Waals surface area contributed by atoms with E-state index >= 15 is 0 Å². The minimum absolute atomic E-state index is 0. The highest BCUT2D eigenvalue weighted by Crippen LogP contribution is 2.37. The molecule has 0 radical (unpaired) electrons. The summed E-state index contributed by atoms with van der Waals surface area (Å²) in [5.74, 6) is 1.23. The molecule has 1 N–H and O–H groups in total. The van der Waals surface area contributed by atoms with Gasteiger partial charge < -0.3 is 28.8 Å². The van der Waals surface area contributed by atoms with Gasteiger partial charge in [-0.1, -0.05) is 79.0 Å². The third-order valence-electron chi connectivity index (χ3n) is 9.58. The van der Waals surface area contributed by atoms with Crippen molar-refractivity contribution in [3.05, 3.63) is 0 Å². The second kappa shape index (κ2) is 36.5. The summed E-state index contributed by atoms with van der Waals surface area (Å²) in [7, 11) is 3.04. The molecule has 0 aromatic heterocycles. The molecule has 0 saturated carbocycles. The highest BCUT2D eigenvalue weighted by Gasteiger charge is 2.41. The van der Waals surface area contributed by atoms with Gasteiger partial charge in [-0.25, -0.2) is 0 Å². The quantitative estimate of drug-likeness (QED) is 0.139. The Hall–Kier alpha value is 1.52. The fourth-order valence-corrected chi connectivity index (χ4v) is 8.92. The molecule has 15 heteroatoms. The van der Waals surface area contributed by atoms with E-state index in [1.165, 1.54) is 58.4 Å². The summed E-state index contributed by atoms with van der Waals surface area (Å²) >= 11 is 14.6. The van der Waals surface area contributed by atoms with Crippen molar-refractivity contribution in [3.63, 3.8) is 0 Å². The average molecular weight is 830 g/mol. The molecule has 0 spiro atoms. The Kier molecular flexibility index (Phi) is 40.9. The van der Waals surface area contributed by atoms with E-state index in [-0.39, 0.29) is 12.4 Å². The third kappa shape index (κ3) is 26.0. The maximum Gasteiger partial charge on any atom is 0.295 e. The Labute approximate surface area is 329 Å². The number of aliphatic hydroxyl groups is 1. The topological polar surface area (TPSA) is 60.9 Å². The summed E-state index contributed by atoms with van der Waals surface area (Å²) in [4.78, 5) is 9.72. The first kappa shape index (κ1) is 54.9. The van der Waals surface area contributed by atoms with E-state index in [0.29, 0.717) is 29.5 Å². The second-order valence-corrected chi connectivity index (χ2v) is 19.2. The molecule has 0 aromatic rings. The minimum Gasteiger partial charge on any atom is -0.402 e. The number of halogens is 2. The van der Waals surface area contributed by atoms with Crippen LogP contribution in [0.3, 0.4) is 0 Å². The first-order valence-corrected chi connectivity index (χ1v) is 24.9. The van der Waals surface area contributed by atoms with E-state index < -0.39 is 7.63 Å². The molecule has 4 aliphatic heterocycles. The lowest BCUT2D eigenvalue weighted by molar-refractivity contribution is 0.0404. The second-order valence-electron chi connectivity index (χ2n) is 13.4. The van der Waals surface area contributed by atoms with Crippen molar-refractivity contribution in [1.82, 2.24) is 19.6 Å².